The molecule has 1 aromatic heterocycles. The molecule has 1 aliphatic rings. The first-order valence-electron chi connectivity index (χ1n) is 11.2. The maximum Gasteiger partial charge on any atom is 0.145 e. The lowest BCUT2D eigenvalue weighted by Crippen LogP contribution is -2.33. The molecule has 1 aliphatic heterocycles. The SMILES string of the molecule is C=C1c2c(sc(C)c2-c2ccc(C)cc2)N=C(c2ccccc2O)N1CCc1cccc(F)c1. The van der Waals surface area contributed by atoms with Gasteiger partial charge in [0.15, 0.2) is 0 Å². The van der Waals surface area contributed by atoms with Crippen molar-refractivity contribution >= 4 is 27.9 Å². The van der Waals surface area contributed by atoms with Crippen LogP contribution in [0.4, 0.5) is 9.39 Å². The summed E-state index contributed by atoms with van der Waals surface area (Å²) in [4.78, 5) is 8.25. The molecular weight excluding hydrogens is 443 g/mol. The first kappa shape index (κ1) is 22.1. The van der Waals surface area contributed by atoms with Crippen molar-refractivity contribution in [2.75, 3.05) is 6.54 Å². The van der Waals surface area contributed by atoms with E-state index in [0.29, 0.717) is 24.4 Å². The van der Waals surface area contributed by atoms with Gasteiger partial charge in [0.05, 0.1) is 5.56 Å². The Morgan fingerprint density at radius 1 is 0.971 bits per heavy atom. The lowest BCUT2D eigenvalue weighted by molar-refractivity contribution is 0.471. The van der Waals surface area contributed by atoms with Crippen molar-refractivity contribution in [2.45, 2.75) is 20.3 Å². The van der Waals surface area contributed by atoms with E-state index in [1.807, 2.05) is 23.1 Å². The van der Waals surface area contributed by atoms with Crippen LogP contribution >= 0.6 is 11.3 Å². The number of thiophene rings is 1. The zero-order valence-corrected chi connectivity index (χ0v) is 20.0. The van der Waals surface area contributed by atoms with E-state index >= 15 is 0 Å². The Balaban J connectivity index is 1.62. The summed E-state index contributed by atoms with van der Waals surface area (Å²) in [6, 6.07) is 22.4. The topological polar surface area (TPSA) is 35.8 Å². The molecule has 0 saturated heterocycles. The Morgan fingerprint density at radius 3 is 2.47 bits per heavy atom. The smallest absolute Gasteiger partial charge is 0.145 e. The Morgan fingerprint density at radius 2 is 1.74 bits per heavy atom. The van der Waals surface area contributed by atoms with Gasteiger partial charge in [-0.3, -0.25) is 0 Å². The summed E-state index contributed by atoms with van der Waals surface area (Å²) in [5.41, 5.74) is 6.88. The molecule has 0 unspecified atom stereocenters. The quantitative estimate of drug-likeness (QED) is 0.329. The minimum absolute atomic E-state index is 0.167. The molecule has 34 heavy (non-hydrogen) atoms. The van der Waals surface area contributed by atoms with E-state index in [-0.39, 0.29) is 11.6 Å². The number of rotatable bonds is 5. The largest absolute Gasteiger partial charge is 0.507 e. The van der Waals surface area contributed by atoms with Gasteiger partial charge in [-0.15, -0.1) is 11.3 Å². The van der Waals surface area contributed by atoms with Gasteiger partial charge in [-0.25, -0.2) is 9.38 Å². The van der Waals surface area contributed by atoms with Gasteiger partial charge in [-0.05, 0) is 55.7 Å². The van der Waals surface area contributed by atoms with Crippen molar-refractivity contribution in [3.8, 4) is 16.9 Å². The lowest BCUT2D eigenvalue weighted by atomic mass is 9.96. The van der Waals surface area contributed by atoms with Crippen LogP contribution in [0.1, 0.15) is 27.1 Å². The molecule has 170 valence electrons. The van der Waals surface area contributed by atoms with Crippen molar-refractivity contribution in [2.24, 2.45) is 4.99 Å². The normalized spacial score (nSPS) is 13.1. The number of aliphatic imine (C=N–C) groups is 1. The van der Waals surface area contributed by atoms with Gasteiger partial charge < -0.3 is 10.0 Å². The first-order chi connectivity index (χ1) is 16.4. The summed E-state index contributed by atoms with van der Waals surface area (Å²) in [5, 5.41) is 11.5. The Kier molecular flexibility index (Phi) is 5.80. The molecule has 0 radical (unpaired) electrons. The molecule has 0 saturated carbocycles. The van der Waals surface area contributed by atoms with E-state index in [1.165, 1.54) is 16.5 Å². The van der Waals surface area contributed by atoms with Gasteiger partial charge >= 0.3 is 0 Å². The van der Waals surface area contributed by atoms with Gasteiger partial charge in [-0.2, -0.15) is 0 Å². The number of para-hydroxylation sites is 1. The van der Waals surface area contributed by atoms with E-state index < -0.39 is 0 Å². The molecule has 0 amide bonds. The van der Waals surface area contributed by atoms with Crippen molar-refractivity contribution < 1.29 is 9.50 Å². The first-order valence-corrected chi connectivity index (χ1v) is 12.0. The highest BCUT2D eigenvalue weighted by Crippen LogP contribution is 2.48. The number of aryl methyl sites for hydroxylation is 2. The fourth-order valence-electron chi connectivity index (χ4n) is 4.41. The summed E-state index contributed by atoms with van der Waals surface area (Å²) < 4.78 is 13.8. The lowest BCUT2D eigenvalue weighted by Gasteiger charge is -2.32. The van der Waals surface area contributed by atoms with Gasteiger partial charge in [0.25, 0.3) is 0 Å². The van der Waals surface area contributed by atoms with E-state index in [4.69, 9.17) is 4.99 Å². The van der Waals surface area contributed by atoms with Crippen LogP contribution in [-0.4, -0.2) is 22.4 Å². The van der Waals surface area contributed by atoms with Crippen LogP contribution in [-0.2, 0) is 6.42 Å². The number of nitrogens with zero attached hydrogens (tertiary/aromatic N) is 2. The summed E-state index contributed by atoms with van der Waals surface area (Å²) in [6.45, 7) is 9.23. The molecule has 0 fully saturated rings. The second-order valence-corrected chi connectivity index (χ2v) is 9.71. The molecule has 2 heterocycles. The Labute approximate surface area is 203 Å². The van der Waals surface area contributed by atoms with Gasteiger partial charge in [0, 0.05) is 28.2 Å². The number of phenolic OH excluding ortho intramolecular Hbond substituents is 1. The Bertz CT molecular complexity index is 1420. The van der Waals surface area contributed by atoms with Crippen LogP contribution in [0.2, 0.25) is 0 Å². The molecular formula is C29H25FN2OS. The van der Waals surface area contributed by atoms with Crippen molar-refractivity contribution in [1.82, 2.24) is 4.90 Å². The van der Waals surface area contributed by atoms with Crippen LogP contribution in [0.3, 0.4) is 0 Å². The molecule has 5 rings (SSSR count). The number of amidine groups is 1. The van der Waals surface area contributed by atoms with Gasteiger partial charge in [0.1, 0.15) is 22.4 Å². The third-order valence-corrected chi connectivity index (χ3v) is 7.14. The number of benzene rings is 3. The van der Waals surface area contributed by atoms with E-state index in [2.05, 4.69) is 44.7 Å². The maximum absolute atomic E-state index is 13.8. The molecule has 1 N–H and O–H groups in total. The number of halogens is 1. The van der Waals surface area contributed by atoms with E-state index in [9.17, 15) is 9.50 Å². The van der Waals surface area contributed by atoms with Crippen LogP contribution in [0.25, 0.3) is 16.8 Å². The summed E-state index contributed by atoms with van der Waals surface area (Å²) in [6.07, 6.45) is 0.613. The van der Waals surface area contributed by atoms with Gasteiger partial charge in [-0.1, -0.05) is 60.7 Å². The summed E-state index contributed by atoms with van der Waals surface area (Å²) >= 11 is 1.64. The van der Waals surface area contributed by atoms with E-state index in [0.717, 1.165) is 33.0 Å². The predicted octanol–water partition coefficient (Wildman–Crippen LogP) is 7.48. The zero-order valence-electron chi connectivity index (χ0n) is 19.2. The number of aromatic hydroxyl groups is 1. The Hall–Kier alpha value is -3.70. The average molecular weight is 469 g/mol. The maximum atomic E-state index is 13.8. The van der Waals surface area contributed by atoms with Crippen LogP contribution < -0.4 is 0 Å². The zero-order chi connectivity index (χ0) is 23.8. The molecule has 0 spiro atoms. The number of hydrogen-bond donors (Lipinski definition) is 1. The molecule has 0 aliphatic carbocycles. The standard InChI is InChI=1S/C29H25FN2OS/c1-18-11-13-22(14-12-18)27-20(3)34-29-26(27)19(2)32(16-15-21-7-6-8-23(30)17-21)28(31-29)24-9-4-5-10-25(24)33/h4-14,17,33H,2,15-16H2,1,3H3. The summed E-state index contributed by atoms with van der Waals surface area (Å²) in [7, 11) is 0. The van der Waals surface area contributed by atoms with Crippen molar-refractivity contribution in [1.29, 1.82) is 0 Å². The van der Waals surface area contributed by atoms with Crippen molar-refractivity contribution in [3.05, 3.63) is 112 Å². The molecule has 5 heteroatoms. The van der Waals surface area contributed by atoms with Crippen LogP contribution in [0, 0.1) is 19.7 Å². The summed E-state index contributed by atoms with van der Waals surface area (Å²) in [5.74, 6) is 0.575. The third-order valence-electron chi connectivity index (χ3n) is 6.14. The molecule has 3 nitrogen and oxygen atoms in total. The van der Waals surface area contributed by atoms with Crippen molar-refractivity contribution in [3.63, 3.8) is 0 Å². The second kappa shape index (κ2) is 8.92. The number of hydrogen-bond acceptors (Lipinski definition) is 4. The van der Waals surface area contributed by atoms with Crippen LogP contribution in [0.15, 0.2) is 84.4 Å². The second-order valence-electron chi connectivity index (χ2n) is 8.51. The molecule has 3 aromatic carbocycles. The van der Waals surface area contributed by atoms with Gasteiger partial charge in [0.2, 0.25) is 0 Å². The number of fused-ring (bicyclic) bond motifs is 1. The monoisotopic (exact) mass is 468 g/mol. The molecule has 0 atom stereocenters. The molecule has 0 bridgehead atoms. The minimum Gasteiger partial charge on any atom is -0.507 e. The highest BCUT2D eigenvalue weighted by molar-refractivity contribution is 7.16. The fraction of sp³-hybridized carbons (Fsp3) is 0.138. The predicted molar refractivity (Wildman–Crippen MR) is 139 cm³/mol. The molecule has 4 aromatic rings. The average Bonchev–Trinajstić information content (AvgIpc) is 3.15. The van der Waals surface area contributed by atoms with E-state index in [1.54, 1.807) is 35.6 Å². The van der Waals surface area contributed by atoms with Crippen LogP contribution in [0.5, 0.6) is 5.75 Å². The third kappa shape index (κ3) is 4.03. The fourth-order valence-corrected chi connectivity index (χ4v) is 5.47. The minimum atomic E-state index is -0.248. The number of phenols is 1. The highest BCUT2D eigenvalue weighted by Gasteiger charge is 2.31. The highest BCUT2D eigenvalue weighted by atomic mass is 32.1.